The van der Waals surface area contributed by atoms with E-state index < -0.39 is 5.97 Å². The minimum absolute atomic E-state index is 0.0534. The van der Waals surface area contributed by atoms with Crippen molar-refractivity contribution in [1.29, 1.82) is 0 Å². The lowest BCUT2D eigenvalue weighted by molar-refractivity contribution is -0.134. The zero-order chi connectivity index (χ0) is 25.4. The van der Waals surface area contributed by atoms with E-state index in [1.54, 1.807) is 0 Å². The van der Waals surface area contributed by atoms with Crippen LogP contribution in [0.3, 0.4) is 0 Å². The molecule has 4 rings (SSSR count). The molecular weight excluding hydrogens is 460 g/mol. The summed E-state index contributed by atoms with van der Waals surface area (Å²) in [6.07, 6.45) is 2.39. The zero-order valence-electron chi connectivity index (χ0n) is 20.6. The van der Waals surface area contributed by atoms with Crippen molar-refractivity contribution in [3.05, 3.63) is 99.6 Å². The molecule has 3 aromatic carbocycles. The van der Waals surface area contributed by atoms with Crippen LogP contribution in [-0.2, 0) is 15.6 Å². The van der Waals surface area contributed by atoms with Gasteiger partial charge in [0.15, 0.2) is 0 Å². The molecule has 35 heavy (non-hydrogen) atoms. The molecule has 0 saturated heterocycles. The van der Waals surface area contributed by atoms with Crippen LogP contribution in [0, 0.1) is 0 Å². The van der Waals surface area contributed by atoms with Gasteiger partial charge in [-0.1, -0.05) is 69.6 Å². The van der Waals surface area contributed by atoms with Crippen LogP contribution in [0.1, 0.15) is 85.5 Å². The fourth-order valence-corrected chi connectivity index (χ4v) is 5.08. The molecule has 0 radical (unpaired) electrons. The molecule has 1 aliphatic rings. The smallest absolute Gasteiger partial charge is 0.335 e. The molecule has 4 nitrogen and oxygen atoms in total. The van der Waals surface area contributed by atoms with E-state index in [4.69, 9.17) is 21.4 Å². The predicted molar refractivity (Wildman–Crippen MR) is 139 cm³/mol. The van der Waals surface area contributed by atoms with E-state index in [1.165, 1.54) is 35.4 Å². The lowest BCUT2D eigenvalue weighted by Gasteiger charge is -2.42. The number of halogens is 1. The highest BCUT2D eigenvalue weighted by atomic mass is 35.5. The first-order valence-corrected chi connectivity index (χ1v) is 12.3. The number of hydrogen-bond acceptors (Lipinski definition) is 3. The van der Waals surface area contributed by atoms with Gasteiger partial charge < -0.3 is 9.84 Å². The summed E-state index contributed by atoms with van der Waals surface area (Å²) in [5.41, 5.74) is 5.06. The van der Waals surface area contributed by atoms with Crippen LogP contribution in [0.15, 0.2) is 66.7 Å². The maximum Gasteiger partial charge on any atom is 0.335 e. The summed E-state index contributed by atoms with van der Waals surface area (Å²) in [7, 11) is 0. The van der Waals surface area contributed by atoms with E-state index in [1.807, 2.05) is 24.3 Å². The Morgan fingerprint density at radius 2 is 1.43 bits per heavy atom. The lowest BCUT2D eigenvalue weighted by Crippen LogP contribution is -2.34. The van der Waals surface area contributed by atoms with Crippen LogP contribution in [-0.4, -0.2) is 17.0 Å². The number of carbonyl (C=O) groups is 2. The lowest BCUT2D eigenvalue weighted by atomic mass is 9.62. The van der Waals surface area contributed by atoms with Crippen molar-refractivity contribution < 1.29 is 19.4 Å². The van der Waals surface area contributed by atoms with Crippen LogP contribution in [0.5, 0.6) is 5.75 Å². The Hall–Kier alpha value is -3.11. The molecule has 0 aromatic heterocycles. The molecule has 1 atom stereocenters. The number of hydrogen-bond donors (Lipinski definition) is 1. The number of ether oxygens (including phenoxy) is 1. The van der Waals surface area contributed by atoms with Crippen LogP contribution in [0.2, 0.25) is 5.02 Å². The highest BCUT2D eigenvalue weighted by molar-refractivity contribution is 6.30. The molecule has 1 unspecified atom stereocenters. The predicted octanol–water partition coefficient (Wildman–Crippen LogP) is 7.51. The van der Waals surface area contributed by atoms with Gasteiger partial charge >= 0.3 is 11.9 Å². The van der Waals surface area contributed by atoms with Crippen molar-refractivity contribution >= 4 is 23.5 Å². The number of esters is 1. The van der Waals surface area contributed by atoms with Crippen molar-refractivity contribution in [2.24, 2.45) is 0 Å². The minimum Gasteiger partial charge on any atom is -0.478 e. The molecule has 0 bridgehead atoms. The third-order valence-corrected chi connectivity index (χ3v) is 7.51. The van der Waals surface area contributed by atoms with Gasteiger partial charge in [0, 0.05) is 10.9 Å². The molecule has 0 fully saturated rings. The SMILES string of the molecule is CC1(C)CCC(C)(C)c2cc(C(CC(=O)Oc3ccc(C(=O)O)cc3)c3ccc(Cl)cc3)ccc21. The second-order valence-corrected chi connectivity index (χ2v) is 11.1. The number of carboxylic acid groups (broad SMARTS) is 1. The van der Waals surface area contributed by atoms with Crippen molar-refractivity contribution in [2.75, 3.05) is 0 Å². The molecule has 182 valence electrons. The van der Waals surface area contributed by atoms with Crippen molar-refractivity contribution in [2.45, 2.75) is 63.7 Å². The van der Waals surface area contributed by atoms with E-state index in [9.17, 15) is 9.59 Å². The van der Waals surface area contributed by atoms with E-state index in [2.05, 4.69) is 45.9 Å². The fraction of sp³-hybridized carbons (Fsp3) is 0.333. The Bertz CT molecular complexity index is 1240. The molecular formula is C30H31ClO4. The average Bonchev–Trinajstić information content (AvgIpc) is 2.81. The molecule has 0 saturated carbocycles. The van der Waals surface area contributed by atoms with Gasteiger partial charge in [0.2, 0.25) is 0 Å². The Morgan fingerprint density at radius 1 is 0.857 bits per heavy atom. The van der Waals surface area contributed by atoms with Gasteiger partial charge in [-0.2, -0.15) is 0 Å². The average molecular weight is 491 g/mol. The Labute approximate surface area is 211 Å². The molecule has 0 amide bonds. The van der Waals surface area contributed by atoms with E-state index in [0.29, 0.717) is 10.8 Å². The Morgan fingerprint density at radius 3 is 2.03 bits per heavy atom. The van der Waals surface area contributed by atoms with Gasteiger partial charge in [-0.25, -0.2) is 4.79 Å². The third kappa shape index (κ3) is 5.43. The summed E-state index contributed by atoms with van der Waals surface area (Å²) in [6.45, 7) is 9.17. The summed E-state index contributed by atoms with van der Waals surface area (Å²) >= 11 is 6.14. The van der Waals surface area contributed by atoms with Gasteiger partial charge in [-0.05, 0) is 82.3 Å². The van der Waals surface area contributed by atoms with E-state index in [-0.39, 0.29) is 34.7 Å². The van der Waals surface area contributed by atoms with Gasteiger partial charge in [-0.15, -0.1) is 0 Å². The summed E-state index contributed by atoms with van der Waals surface area (Å²) in [6, 6.07) is 20.1. The van der Waals surface area contributed by atoms with Crippen molar-refractivity contribution in [1.82, 2.24) is 0 Å². The third-order valence-electron chi connectivity index (χ3n) is 7.26. The van der Waals surface area contributed by atoms with Crippen LogP contribution in [0.4, 0.5) is 0 Å². The second-order valence-electron chi connectivity index (χ2n) is 10.7. The number of rotatable bonds is 6. The highest BCUT2D eigenvalue weighted by Crippen LogP contribution is 2.47. The maximum absolute atomic E-state index is 13.0. The largest absolute Gasteiger partial charge is 0.478 e. The minimum atomic E-state index is -1.02. The van der Waals surface area contributed by atoms with Gasteiger partial charge in [0.1, 0.15) is 5.75 Å². The Kier molecular flexibility index (Phi) is 6.79. The molecule has 5 heteroatoms. The Balaban J connectivity index is 1.67. The highest BCUT2D eigenvalue weighted by Gasteiger charge is 2.37. The van der Waals surface area contributed by atoms with Crippen LogP contribution in [0.25, 0.3) is 0 Å². The van der Waals surface area contributed by atoms with Crippen LogP contribution < -0.4 is 4.74 Å². The first-order chi connectivity index (χ1) is 16.5. The number of carboxylic acids is 1. The van der Waals surface area contributed by atoms with Gasteiger partial charge in [0.05, 0.1) is 12.0 Å². The van der Waals surface area contributed by atoms with Crippen LogP contribution >= 0.6 is 11.6 Å². The first-order valence-electron chi connectivity index (χ1n) is 11.9. The first kappa shape index (κ1) is 25.0. The normalized spacial score (nSPS) is 16.7. The zero-order valence-corrected chi connectivity index (χ0v) is 21.4. The monoisotopic (exact) mass is 490 g/mol. The standard InChI is InChI=1S/C30H31ClO4/c1-29(2)15-16-30(3,4)26-17-21(9-14-25(26)29)24(19-5-10-22(31)11-6-19)18-27(32)35-23-12-7-20(8-13-23)28(33)34/h5-14,17,24H,15-16,18H2,1-4H3,(H,33,34). The van der Waals surface area contributed by atoms with E-state index >= 15 is 0 Å². The fourth-order valence-electron chi connectivity index (χ4n) is 4.95. The summed E-state index contributed by atoms with van der Waals surface area (Å²) < 4.78 is 5.58. The summed E-state index contributed by atoms with van der Waals surface area (Å²) in [5, 5.41) is 9.73. The second kappa shape index (κ2) is 9.50. The number of benzene rings is 3. The van der Waals surface area contributed by atoms with Crippen molar-refractivity contribution in [3.8, 4) is 5.75 Å². The van der Waals surface area contributed by atoms with Gasteiger partial charge in [0.25, 0.3) is 0 Å². The topological polar surface area (TPSA) is 63.6 Å². The number of fused-ring (bicyclic) bond motifs is 1. The molecule has 0 spiro atoms. The van der Waals surface area contributed by atoms with E-state index in [0.717, 1.165) is 24.0 Å². The molecule has 0 heterocycles. The molecule has 1 aliphatic carbocycles. The number of carbonyl (C=O) groups excluding carboxylic acids is 1. The molecule has 1 N–H and O–H groups in total. The molecule has 0 aliphatic heterocycles. The quantitative estimate of drug-likeness (QED) is 0.286. The van der Waals surface area contributed by atoms with Gasteiger partial charge in [-0.3, -0.25) is 4.79 Å². The maximum atomic E-state index is 13.0. The number of aromatic carboxylic acids is 1. The summed E-state index contributed by atoms with van der Waals surface area (Å²) in [5.74, 6) is -1.29. The summed E-state index contributed by atoms with van der Waals surface area (Å²) in [4.78, 5) is 24.1. The van der Waals surface area contributed by atoms with Crippen molar-refractivity contribution in [3.63, 3.8) is 0 Å². The molecule has 3 aromatic rings.